The SMILES string of the molecule is Cc1cnc2c(c1)NCCO2. The number of pyridine rings is 1. The summed E-state index contributed by atoms with van der Waals surface area (Å²) in [6, 6.07) is 2.04. The van der Waals surface area contributed by atoms with Crippen molar-refractivity contribution in [3.63, 3.8) is 0 Å². The summed E-state index contributed by atoms with van der Waals surface area (Å²) in [5.41, 5.74) is 2.16. The van der Waals surface area contributed by atoms with E-state index >= 15 is 0 Å². The Labute approximate surface area is 65.4 Å². The summed E-state index contributed by atoms with van der Waals surface area (Å²) in [4.78, 5) is 4.13. The van der Waals surface area contributed by atoms with Crippen LogP contribution in [0.4, 0.5) is 5.69 Å². The summed E-state index contributed by atoms with van der Waals surface area (Å²) in [5.74, 6) is 0.724. The summed E-state index contributed by atoms with van der Waals surface area (Å²) < 4.78 is 5.30. The molecule has 0 fully saturated rings. The van der Waals surface area contributed by atoms with E-state index < -0.39 is 0 Å². The topological polar surface area (TPSA) is 34.2 Å². The zero-order valence-corrected chi connectivity index (χ0v) is 6.42. The minimum absolute atomic E-state index is 0.711. The molecule has 1 aliphatic rings. The fraction of sp³-hybridized carbons (Fsp3) is 0.375. The third kappa shape index (κ3) is 1.13. The van der Waals surface area contributed by atoms with Crippen LogP contribution in [0, 0.1) is 6.92 Å². The Morgan fingerprint density at radius 2 is 2.55 bits per heavy atom. The van der Waals surface area contributed by atoms with Crippen molar-refractivity contribution >= 4 is 5.69 Å². The molecule has 0 saturated heterocycles. The van der Waals surface area contributed by atoms with Crippen molar-refractivity contribution < 1.29 is 4.74 Å². The maximum atomic E-state index is 5.30. The van der Waals surface area contributed by atoms with Crippen LogP contribution in [-0.4, -0.2) is 18.1 Å². The minimum atomic E-state index is 0.711. The molecule has 0 amide bonds. The summed E-state index contributed by atoms with van der Waals surface area (Å²) in [6.07, 6.45) is 1.81. The molecule has 11 heavy (non-hydrogen) atoms. The average molecular weight is 150 g/mol. The second-order valence-corrected chi connectivity index (χ2v) is 2.64. The first kappa shape index (κ1) is 6.46. The normalized spacial score (nSPS) is 14.6. The van der Waals surface area contributed by atoms with Crippen LogP contribution in [0.15, 0.2) is 12.3 Å². The van der Waals surface area contributed by atoms with Gasteiger partial charge in [0.1, 0.15) is 6.61 Å². The highest BCUT2D eigenvalue weighted by molar-refractivity contribution is 5.54. The van der Waals surface area contributed by atoms with Crippen LogP contribution < -0.4 is 10.1 Å². The van der Waals surface area contributed by atoms with E-state index in [0.29, 0.717) is 6.61 Å². The van der Waals surface area contributed by atoms with Crippen LogP contribution in [0.2, 0.25) is 0 Å². The first-order valence-corrected chi connectivity index (χ1v) is 3.69. The number of anilines is 1. The highest BCUT2D eigenvalue weighted by Gasteiger charge is 2.09. The minimum Gasteiger partial charge on any atom is -0.474 e. The summed E-state index contributed by atoms with van der Waals surface area (Å²) >= 11 is 0. The summed E-state index contributed by atoms with van der Waals surface area (Å²) in [5, 5.41) is 3.22. The lowest BCUT2D eigenvalue weighted by Crippen LogP contribution is -2.18. The van der Waals surface area contributed by atoms with Gasteiger partial charge in [-0.15, -0.1) is 0 Å². The van der Waals surface area contributed by atoms with Gasteiger partial charge in [0.25, 0.3) is 0 Å². The second-order valence-electron chi connectivity index (χ2n) is 2.64. The van der Waals surface area contributed by atoms with Gasteiger partial charge in [-0.3, -0.25) is 0 Å². The molecule has 0 bridgehead atoms. The Kier molecular flexibility index (Phi) is 1.42. The highest BCUT2D eigenvalue weighted by Crippen LogP contribution is 2.24. The zero-order chi connectivity index (χ0) is 7.68. The van der Waals surface area contributed by atoms with Crippen molar-refractivity contribution in [2.45, 2.75) is 6.92 Å². The van der Waals surface area contributed by atoms with Crippen LogP contribution in [0.25, 0.3) is 0 Å². The first-order chi connectivity index (χ1) is 5.36. The zero-order valence-electron chi connectivity index (χ0n) is 6.42. The van der Waals surface area contributed by atoms with Crippen molar-refractivity contribution in [2.75, 3.05) is 18.5 Å². The molecule has 0 atom stereocenters. The van der Waals surface area contributed by atoms with Crippen molar-refractivity contribution in [3.8, 4) is 5.88 Å². The standard InChI is InChI=1S/C8H10N2O/c1-6-4-7-8(10-5-6)11-3-2-9-7/h4-5,9H,2-3H2,1H3. The molecule has 2 rings (SSSR count). The predicted octanol–water partition coefficient (Wildman–Crippen LogP) is 1.19. The van der Waals surface area contributed by atoms with Gasteiger partial charge in [-0.2, -0.15) is 0 Å². The van der Waals surface area contributed by atoms with Crippen molar-refractivity contribution in [2.24, 2.45) is 0 Å². The smallest absolute Gasteiger partial charge is 0.237 e. The monoisotopic (exact) mass is 150 g/mol. The lowest BCUT2D eigenvalue weighted by atomic mass is 10.3. The molecule has 0 radical (unpaired) electrons. The first-order valence-electron chi connectivity index (χ1n) is 3.69. The fourth-order valence-corrected chi connectivity index (χ4v) is 1.13. The largest absolute Gasteiger partial charge is 0.474 e. The molecule has 0 unspecified atom stereocenters. The summed E-state index contributed by atoms with van der Waals surface area (Å²) in [7, 11) is 0. The van der Waals surface area contributed by atoms with E-state index in [2.05, 4.69) is 10.3 Å². The van der Waals surface area contributed by atoms with E-state index in [1.807, 2.05) is 19.2 Å². The molecule has 3 nitrogen and oxygen atoms in total. The number of hydrogen-bond donors (Lipinski definition) is 1. The average Bonchev–Trinajstić information content (AvgIpc) is 2.04. The summed E-state index contributed by atoms with van der Waals surface area (Å²) in [6.45, 7) is 3.60. The molecule has 1 aromatic rings. The van der Waals surface area contributed by atoms with Crippen molar-refractivity contribution in [3.05, 3.63) is 17.8 Å². The Bertz CT molecular complexity index is 273. The molecule has 0 aliphatic carbocycles. The van der Waals surface area contributed by atoms with Crippen LogP contribution in [-0.2, 0) is 0 Å². The number of aryl methyl sites for hydroxylation is 1. The number of nitrogens with one attached hydrogen (secondary N) is 1. The van der Waals surface area contributed by atoms with Crippen LogP contribution in [0.1, 0.15) is 5.56 Å². The van der Waals surface area contributed by atoms with Gasteiger partial charge in [-0.25, -0.2) is 4.98 Å². The molecule has 0 saturated carbocycles. The van der Waals surface area contributed by atoms with Crippen molar-refractivity contribution in [1.82, 2.24) is 4.98 Å². The highest BCUT2D eigenvalue weighted by atomic mass is 16.5. The molecular weight excluding hydrogens is 140 g/mol. The molecule has 1 aromatic heterocycles. The Hall–Kier alpha value is -1.25. The number of aromatic nitrogens is 1. The predicted molar refractivity (Wildman–Crippen MR) is 43.0 cm³/mol. The van der Waals surface area contributed by atoms with E-state index in [1.54, 1.807) is 0 Å². The number of fused-ring (bicyclic) bond motifs is 1. The fourth-order valence-electron chi connectivity index (χ4n) is 1.13. The molecule has 3 heteroatoms. The van der Waals surface area contributed by atoms with Crippen LogP contribution in [0.5, 0.6) is 5.88 Å². The van der Waals surface area contributed by atoms with Gasteiger partial charge in [0.2, 0.25) is 5.88 Å². The number of rotatable bonds is 0. The quantitative estimate of drug-likeness (QED) is 0.603. The number of hydrogen-bond acceptors (Lipinski definition) is 3. The third-order valence-corrected chi connectivity index (χ3v) is 1.64. The maximum absolute atomic E-state index is 5.30. The second kappa shape index (κ2) is 2.42. The maximum Gasteiger partial charge on any atom is 0.237 e. The van der Waals surface area contributed by atoms with Crippen LogP contribution >= 0.6 is 0 Å². The number of nitrogens with zero attached hydrogens (tertiary/aromatic N) is 1. The lowest BCUT2D eigenvalue weighted by Gasteiger charge is -2.17. The number of ether oxygens (including phenoxy) is 1. The molecule has 58 valence electrons. The third-order valence-electron chi connectivity index (χ3n) is 1.64. The Morgan fingerprint density at radius 3 is 3.45 bits per heavy atom. The lowest BCUT2D eigenvalue weighted by molar-refractivity contribution is 0.310. The molecule has 0 aromatic carbocycles. The van der Waals surface area contributed by atoms with Gasteiger partial charge >= 0.3 is 0 Å². The molecule has 2 heterocycles. The van der Waals surface area contributed by atoms with Crippen molar-refractivity contribution in [1.29, 1.82) is 0 Å². The van der Waals surface area contributed by atoms with Gasteiger partial charge in [0.05, 0.1) is 5.69 Å². The van der Waals surface area contributed by atoms with Gasteiger partial charge in [-0.1, -0.05) is 0 Å². The van der Waals surface area contributed by atoms with Gasteiger partial charge in [0, 0.05) is 12.7 Å². The molecule has 1 aliphatic heterocycles. The molecule has 1 N–H and O–H groups in total. The van der Waals surface area contributed by atoms with E-state index in [0.717, 1.165) is 23.7 Å². The van der Waals surface area contributed by atoms with Crippen LogP contribution in [0.3, 0.4) is 0 Å². The van der Waals surface area contributed by atoms with Gasteiger partial charge in [-0.05, 0) is 18.6 Å². The Balaban J connectivity index is 2.43. The van der Waals surface area contributed by atoms with E-state index in [4.69, 9.17) is 4.74 Å². The van der Waals surface area contributed by atoms with E-state index in [9.17, 15) is 0 Å². The van der Waals surface area contributed by atoms with E-state index in [-0.39, 0.29) is 0 Å². The molecule has 0 spiro atoms. The van der Waals surface area contributed by atoms with Gasteiger partial charge < -0.3 is 10.1 Å². The van der Waals surface area contributed by atoms with E-state index in [1.165, 1.54) is 0 Å². The van der Waals surface area contributed by atoms with Gasteiger partial charge in [0.15, 0.2) is 0 Å². The molecular formula is C8H10N2O. The Morgan fingerprint density at radius 1 is 1.64 bits per heavy atom.